The van der Waals surface area contributed by atoms with Crippen molar-refractivity contribution in [2.45, 2.75) is 26.2 Å². The van der Waals surface area contributed by atoms with Gasteiger partial charge in [0, 0.05) is 37.3 Å². The molecule has 1 amide bonds. The van der Waals surface area contributed by atoms with Gasteiger partial charge in [0.1, 0.15) is 23.7 Å². The lowest BCUT2D eigenvalue weighted by atomic mass is 9.93. The fourth-order valence-electron chi connectivity index (χ4n) is 4.93. The minimum absolute atomic E-state index is 0.000296. The maximum atomic E-state index is 12.9. The molecule has 10 nitrogen and oxygen atoms in total. The largest absolute Gasteiger partial charge is 0.467 e. The third-order valence-corrected chi connectivity index (χ3v) is 6.66. The molecule has 0 spiro atoms. The van der Waals surface area contributed by atoms with Gasteiger partial charge >= 0.3 is 6.03 Å². The van der Waals surface area contributed by atoms with E-state index in [2.05, 4.69) is 39.2 Å². The molecule has 4 heterocycles. The van der Waals surface area contributed by atoms with Gasteiger partial charge < -0.3 is 23.8 Å². The van der Waals surface area contributed by atoms with E-state index in [1.54, 1.807) is 6.92 Å². The summed E-state index contributed by atoms with van der Waals surface area (Å²) in [5.41, 5.74) is 4.39. The lowest BCUT2D eigenvalue weighted by Crippen LogP contribution is -2.51. The van der Waals surface area contributed by atoms with Crippen LogP contribution in [-0.4, -0.2) is 70.4 Å². The number of carbonyl (C=O) groups excluding carboxylic acids is 1. The molecule has 35 heavy (non-hydrogen) atoms. The van der Waals surface area contributed by atoms with Crippen molar-refractivity contribution in [3.8, 4) is 11.5 Å². The van der Waals surface area contributed by atoms with Gasteiger partial charge in [0.05, 0.1) is 19.3 Å². The molecule has 1 saturated heterocycles. The number of aromatic nitrogens is 3. The van der Waals surface area contributed by atoms with Gasteiger partial charge in [-0.1, -0.05) is 12.1 Å². The first-order chi connectivity index (χ1) is 17.2. The molecule has 0 N–H and O–H groups in total. The zero-order valence-corrected chi connectivity index (χ0v) is 19.6. The molecule has 182 valence electrons. The quantitative estimate of drug-likeness (QED) is 0.569. The van der Waals surface area contributed by atoms with E-state index >= 15 is 0 Å². The zero-order chi connectivity index (χ0) is 23.8. The van der Waals surface area contributed by atoms with Crippen LogP contribution in [0.3, 0.4) is 0 Å². The predicted octanol–water partition coefficient (Wildman–Crippen LogP) is 2.69. The summed E-state index contributed by atoms with van der Waals surface area (Å²) < 4.78 is 23.6. The summed E-state index contributed by atoms with van der Waals surface area (Å²) >= 11 is 0. The van der Waals surface area contributed by atoms with E-state index in [0.29, 0.717) is 32.1 Å². The van der Waals surface area contributed by atoms with E-state index in [1.807, 2.05) is 17.0 Å². The minimum atomic E-state index is -0.145. The van der Waals surface area contributed by atoms with Crippen molar-refractivity contribution in [2.75, 3.05) is 39.8 Å². The van der Waals surface area contributed by atoms with E-state index in [4.69, 9.17) is 18.9 Å². The molecular weight excluding hydrogens is 450 g/mol. The van der Waals surface area contributed by atoms with Gasteiger partial charge in [-0.3, -0.25) is 4.90 Å². The fraction of sp³-hybridized carbons (Fsp3) is 0.400. The molecule has 1 fully saturated rings. The van der Waals surface area contributed by atoms with E-state index in [9.17, 15) is 4.79 Å². The summed E-state index contributed by atoms with van der Waals surface area (Å²) in [6.45, 7) is 6.03. The molecule has 2 aromatic carbocycles. The summed E-state index contributed by atoms with van der Waals surface area (Å²) in [6, 6.07) is 12.5. The summed E-state index contributed by atoms with van der Waals surface area (Å²) in [6.07, 6.45) is 1.47. The molecule has 0 radical (unpaired) electrons. The van der Waals surface area contributed by atoms with Crippen molar-refractivity contribution in [1.29, 1.82) is 0 Å². The Kier molecular flexibility index (Phi) is 5.85. The van der Waals surface area contributed by atoms with Crippen molar-refractivity contribution >= 4 is 6.03 Å². The SMILES string of the molecule is Cc1ncn(C(=O)N2CCN(C(c3ccc4c(c3)COCO4)c3ccc4c(c3)COCO4)CC2)n1. The first kappa shape index (κ1) is 22.0. The first-order valence-electron chi connectivity index (χ1n) is 11.7. The molecule has 0 aliphatic carbocycles. The van der Waals surface area contributed by atoms with Crippen LogP contribution in [-0.2, 0) is 22.7 Å². The van der Waals surface area contributed by atoms with Crippen LogP contribution < -0.4 is 9.47 Å². The van der Waals surface area contributed by atoms with Crippen LogP contribution >= 0.6 is 0 Å². The Morgan fingerprint density at radius 3 is 2.03 bits per heavy atom. The second-order valence-corrected chi connectivity index (χ2v) is 8.90. The second-order valence-electron chi connectivity index (χ2n) is 8.90. The highest BCUT2D eigenvalue weighted by molar-refractivity contribution is 5.75. The molecule has 0 bridgehead atoms. The third kappa shape index (κ3) is 4.36. The highest BCUT2D eigenvalue weighted by Gasteiger charge is 2.30. The normalized spacial score (nSPS) is 17.9. The molecule has 0 unspecified atom stereocenters. The minimum Gasteiger partial charge on any atom is -0.467 e. The second kappa shape index (κ2) is 9.29. The highest BCUT2D eigenvalue weighted by atomic mass is 16.7. The number of rotatable bonds is 3. The number of carbonyl (C=O) groups is 1. The predicted molar refractivity (Wildman–Crippen MR) is 124 cm³/mol. The van der Waals surface area contributed by atoms with Gasteiger partial charge in [-0.15, -0.1) is 5.10 Å². The van der Waals surface area contributed by atoms with E-state index in [-0.39, 0.29) is 25.7 Å². The molecule has 10 heteroatoms. The number of benzene rings is 2. The van der Waals surface area contributed by atoms with Gasteiger partial charge in [0.2, 0.25) is 0 Å². The third-order valence-electron chi connectivity index (χ3n) is 6.66. The fourth-order valence-corrected chi connectivity index (χ4v) is 4.93. The Hall–Kier alpha value is -3.47. The Balaban J connectivity index is 1.29. The first-order valence-corrected chi connectivity index (χ1v) is 11.7. The summed E-state index contributed by atoms with van der Waals surface area (Å²) in [5.74, 6) is 2.31. The van der Waals surface area contributed by atoms with Gasteiger partial charge in [0.15, 0.2) is 13.6 Å². The summed E-state index contributed by atoms with van der Waals surface area (Å²) in [7, 11) is 0. The molecule has 3 aromatic rings. The van der Waals surface area contributed by atoms with Crippen LogP contribution in [0.4, 0.5) is 4.79 Å². The van der Waals surface area contributed by atoms with Crippen LogP contribution in [0.1, 0.15) is 34.1 Å². The Bertz CT molecular complexity index is 1180. The number of hydrogen-bond acceptors (Lipinski definition) is 8. The Labute approximate surface area is 203 Å². The summed E-state index contributed by atoms with van der Waals surface area (Å²) in [4.78, 5) is 21.2. The van der Waals surface area contributed by atoms with Crippen molar-refractivity contribution < 1.29 is 23.7 Å². The zero-order valence-electron chi connectivity index (χ0n) is 19.6. The number of nitrogens with zero attached hydrogens (tertiary/aromatic N) is 5. The number of aryl methyl sites for hydroxylation is 1. The topological polar surface area (TPSA) is 91.2 Å². The molecule has 0 saturated carbocycles. The molecular formula is C25H27N5O5. The van der Waals surface area contributed by atoms with Gasteiger partial charge in [0.25, 0.3) is 0 Å². The van der Waals surface area contributed by atoms with Crippen LogP contribution in [0.2, 0.25) is 0 Å². The van der Waals surface area contributed by atoms with Crippen molar-refractivity contribution in [3.05, 3.63) is 70.8 Å². The maximum Gasteiger partial charge on any atom is 0.346 e. The smallest absolute Gasteiger partial charge is 0.346 e. The Morgan fingerprint density at radius 2 is 1.49 bits per heavy atom. The average molecular weight is 478 g/mol. The molecule has 1 aromatic heterocycles. The standard InChI is InChI=1S/C25H27N5O5/c1-17-26-14-30(27-17)25(31)29-8-6-28(7-9-29)24(18-2-4-22-20(10-18)12-32-15-34-22)19-3-5-23-21(11-19)13-33-16-35-23/h2-5,10-11,14,24H,6-9,12-13,15-16H2,1H3. The average Bonchev–Trinajstić information content (AvgIpc) is 3.35. The summed E-state index contributed by atoms with van der Waals surface area (Å²) in [5, 5.41) is 4.17. The van der Waals surface area contributed by atoms with Crippen molar-refractivity contribution in [3.63, 3.8) is 0 Å². The van der Waals surface area contributed by atoms with Crippen LogP contribution in [0, 0.1) is 6.92 Å². The van der Waals surface area contributed by atoms with Gasteiger partial charge in [-0.2, -0.15) is 4.68 Å². The van der Waals surface area contributed by atoms with Gasteiger partial charge in [-0.25, -0.2) is 9.78 Å². The van der Waals surface area contributed by atoms with E-state index < -0.39 is 0 Å². The lowest BCUT2D eigenvalue weighted by molar-refractivity contribution is -0.0165. The van der Waals surface area contributed by atoms with Crippen LogP contribution in [0.15, 0.2) is 42.7 Å². The number of hydrogen-bond donors (Lipinski definition) is 0. The number of ether oxygens (including phenoxy) is 4. The Morgan fingerprint density at radius 1 is 0.886 bits per heavy atom. The maximum absolute atomic E-state index is 12.9. The van der Waals surface area contributed by atoms with E-state index in [0.717, 1.165) is 46.8 Å². The van der Waals surface area contributed by atoms with Crippen molar-refractivity contribution in [1.82, 2.24) is 24.6 Å². The number of amides is 1. The van der Waals surface area contributed by atoms with E-state index in [1.165, 1.54) is 11.0 Å². The van der Waals surface area contributed by atoms with Gasteiger partial charge in [-0.05, 0) is 42.3 Å². The number of fused-ring (bicyclic) bond motifs is 2. The monoisotopic (exact) mass is 477 g/mol. The van der Waals surface area contributed by atoms with Crippen LogP contribution in [0.5, 0.6) is 11.5 Å². The van der Waals surface area contributed by atoms with Crippen molar-refractivity contribution in [2.24, 2.45) is 0 Å². The molecule has 3 aliphatic heterocycles. The van der Waals surface area contributed by atoms with Crippen LogP contribution in [0.25, 0.3) is 0 Å². The molecule has 0 atom stereocenters. The molecule has 3 aliphatic rings. The highest BCUT2D eigenvalue weighted by Crippen LogP contribution is 2.36. The molecule has 6 rings (SSSR count). The number of piperazine rings is 1. The lowest BCUT2D eigenvalue weighted by Gasteiger charge is -2.40.